The van der Waals surface area contributed by atoms with Crippen molar-refractivity contribution in [2.75, 3.05) is 0 Å². The van der Waals surface area contributed by atoms with Crippen molar-refractivity contribution in [1.82, 2.24) is 0 Å². The second kappa shape index (κ2) is 14.8. The number of benzene rings is 10. The number of fused-ring (bicyclic) bond motifs is 6. The summed E-state index contributed by atoms with van der Waals surface area (Å²) in [4.78, 5) is 0. The third-order valence-electron chi connectivity index (χ3n) is 12.3. The first-order valence-electron chi connectivity index (χ1n) is 21.1. The van der Waals surface area contributed by atoms with E-state index in [1.807, 2.05) is 0 Å². The minimum atomic E-state index is 0.826. The molecule has 0 atom stereocenters. The quantitative estimate of drug-likeness (QED) is 0.161. The van der Waals surface area contributed by atoms with E-state index in [0.29, 0.717) is 0 Å². The van der Waals surface area contributed by atoms with Gasteiger partial charge >= 0.3 is 0 Å². The molecule has 2 heteroatoms. The second-order valence-electron chi connectivity index (χ2n) is 16.1. The summed E-state index contributed by atoms with van der Waals surface area (Å²) in [5.41, 5.74) is 19.5. The van der Waals surface area contributed by atoms with Crippen LogP contribution in [0.2, 0.25) is 0 Å². The van der Waals surface area contributed by atoms with Crippen LogP contribution in [0.5, 0.6) is 0 Å². The molecule has 12 rings (SSSR count). The summed E-state index contributed by atoms with van der Waals surface area (Å²) in [6.07, 6.45) is 0. The molecule has 2 heterocycles. The van der Waals surface area contributed by atoms with Gasteiger partial charge in [-0.3, -0.25) is 0 Å². The first-order valence-corrected chi connectivity index (χ1v) is 21.1. The summed E-state index contributed by atoms with van der Waals surface area (Å²) >= 11 is 0. The van der Waals surface area contributed by atoms with Gasteiger partial charge in [0, 0.05) is 21.5 Å². The Balaban J connectivity index is 0.982. The molecule has 0 bridgehead atoms. The van der Waals surface area contributed by atoms with Crippen molar-refractivity contribution in [2.45, 2.75) is 0 Å². The summed E-state index contributed by atoms with van der Waals surface area (Å²) in [7, 11) is 0. The van der Waals surface area contributed by atoms with E-state index < -0.39 is 0 Å². The fraction of sp³-hybridized carbons (Fsp3) is 0. The van der Waals surface area contributed by atoms with Crippen LogP contribution in [0.3, 0.4) is 0 Å². The molecule has 0 unspecified atom stereocenters. The van der Waals surface area contributed by atoms with Crippen molar-refractivity contribution in [3.63, 3.8) is 0 Å². The average molecular weight is 791 g/mol. The van der Waals surface area contributed by atoms with Gasteiger partial charge in [0.25, 0.3) is 0 Å². The molecule has 290 valence electrons. The van der Waals surface area contributed by atoms with Crippen molar-refractivity contribution in [2.24, 2.45) is 0 Å². The average Bonchev–Trinajstić information content (AvgIpc) is 3.91. The zero-order chi connectivity index (χ0) is 41.0. The molecule has 0 N–H and O–H groups in total. The molecule has 2 aromatic heterocycles. The molecule has 0 fully saturated rings. The van der Waals surface area contributed by atoms with Crippen LogP contribution in [0, 0.1) is 0 Å². The number of rotatable bonds is 7. The Hall–Kier alpha value is -8.20. The van der Waals surface area contributed by atoms with E-state index in [1.54, 1.807) is 0 Å². The van der Waals surface area contributed by atoms with Gasteiger partial charge in [0.15, 0.2) is 0 Å². The van der Waals surface area contributed by atoms with Crippen molar-refractivity contribution >= 4 is 43.9 Å². The number of hydrogen-bond donors (Lipinski definition) is 0. The fourth-order valence-electron chi connectivity index (χ4n) is 9.14. The van der Waals surface area contributed by atoms with Gasteiger partial charge in [0.05, 0.1) is 5.56 Å². The molecule has 0 aliphatic carbocycles. The molecule has 2 nitrogen and oxygen atoms in total. The van der Waals surface area contributed by atoms with Gasteiger partial charge in [-0.1, -0.05) is 176 Å². The monoisotopic (exact) mass is 790 g/mol. The normalized spacial score (nSPS) is 11.5. The molecular weight excluding hydrogens is 753 g/mol. The highest BCUT2D eigenvalue weighted by atomic mass is 16.3. The van der Waals surface area contributed by atoms with Gasteiger partial charge < -0.3 is 8.83 Å². The highest BCUT2D eigenvalue weighted by molar-refractivity contribution is 6.22. The largest absolute Gasteiger partial charge is 0.455 e. The van der Waals surface area contributed by atoms with E-state index in [4.69, 9.17) is 8.83 Å². The maximum Gasteiger partial charge on any atom is 0.147 e. The van der Waals surface area contributed by atoms with E-state index in [9.17, 15) is 0 Å². The Kier molecular flexibility index (Phi) is 8.53. The van der Waals surface area contributed by atoms with Gasteiger partial charge in [0.2, 0.25) is 0 Å². The van der Waals surface area contributed by atoms with Gasteiger partial charge in [-0.05, 0) is 127 Å². The predicted molar refractivity (Wildman–Crippen MR) is 259 cm³/mol. The van der Waals surface area contributed by atoms with Crippen LogP contribution in [0.25, 0.3) is 122 Å². The molecule has 0 spiro atoms. The minimum Gasteiger partial charge on any atom is -0.455 e. The lowest BCUT2D eigenvalue weighted by Gasteiger charge is -2.09. The number of furan rings is 2. The van der Waals surface area contributed by atoms with E-state index in [2.05, 4.69) is 231 Å². The van der Waals surface area contributed by atoms with Gasteiger partial charge in [-0.25, -0.2) is 0 Å². The van der Waals surface area contributed by atoms with Gasteiger partial charge in [-0.15, -0.1) is 0 Å². The molecule has 0 amide bonds. The Morgan fingerprint density at radius 1 is 0.194 bits per heavy atom. The maximum atomic E-state index is 6.81. The summed E-state index contributed by atoms with van der Waals surface area (Å²) < 4.78 is 13.6. The zero-order valence-electron chi connectivity index (χ0n) is 33.8. The highest BCUT2D eigenvalue weighted by Crippen LogP contribution is 2.46. The van der Waals surface area contributed by atoms with Gasteiger partial charge in [-0.2, -0.15) is 0 Å². The first kappa shape index (κ1) is 35.7. The Morgan fingerprint density at radius 2 is 0.484 bits per heavy atom. The second-order valence-corrected chi connectivity index (χ2v) is 16.1. The molecule has 0 saturated heterocycles. The topological polar surface area (TPSA) is 26.3 Å². The van der Waals surface area contributed by atoms with E-state index in [0.717, 1.165) is 77.3 Å². The van der Waals surface area contributed by atoms with Gasteiger partial charge in [0.1, 0.15) is 22.3 Å². The number of hydrogen-bond acceptors (Lipinski definition) is 2. The Morgan fingerprint density at radius 3 is 0.839 bits per heavy atom. The van der Waals surface area contributed by atoms with E-state index in [1.165, 1.54) is 44.5 Å². The summed E-state index contributed by atoms with van der Waals surface area (Å²) in [6.45, 7) is 0. The minimum absolute atomic E-state index is 0.826. The molecule has 0 aliphatic rings. The van der Waals surface area contributed by atoms with Crippen molar-refractivity contribution in [3.05, 3.63) is 231 Å². The van der Waals surface area contributed by atoms with Crippen LogP contribution in [0.4, 0.5) is 0 Å². The third kappa shape index (κ3) is 6.29. The smallest absolute Gasteiger partial charge is 0.147 e. The summed E-state index contributed by atoms with van der Waals surface area (Å²) in [6, 6.07) is 82.3. The standard InChI is InChI=1S/C60H38O2/c1-4-14-39(15-5-1)42-20-10-22-44(32-42)46-24-12-26-48(34-46)50-28-30-56-52(36-50)54-38-55-53-37-51(29-31-57(53)62-60(55)58(59(54)61-56)41-18-8-3-9-19-41)49-27-13-25-47(35-49)45-23-11-21-43(33-45)40-16-6-2-7-17-40/h1-38H. The fourth-order valence-corrected chi connectivity index (χ4v) is 9.14. The summed E-state index contributed by atoms with van der Waals surface area (Å²) in [5.74, 6) is 0. The molecule has 0 saturated carbocycles. The highest BCUT2D eigenvalue weighted by Gasteiger charge is 2.22. The molecule has 12 aromatic rings. The molecule has 0 aliphatic heterocycles. The molecule has 0 radical (unpaired) electrons. The van der Waals surface area contributed by atoms with E-state index in [-0.39, 0.29) is 0 Å². The molecular formula is C60H38O2. The third-order valence-corrected chi connectivity index (χ3v) is 12.3. The maximum absolute atomic E-state index is 6.81. The van der Waals surface area contributed by atoms with Crippen molar-refractivity contribution in [3.8, 4) is 77.9 Å². The summed E-state index contributed by atoms with van der Waals surface area (Å²) in [5, 5.41) is 4.27. The lowest BCUT2D eigenvalue weighted by Crippen LogP contribution is -1.84. The molecule has 10 aromatic carbocycles. The van der Waals surface area contributed by atoms with Crippen molar-refractivity contribution in [1.29, 1.82) is 0 Å². The predicted octanol–water partition coefficient (Wildman–Crippen LogP) is 17.2. The Bertz CT molecular complexity index is 3390. The van der Waals surface area contributed by atoms with Crippen LogP contribution in [0.15, 0.2) is 239 Å². The zero-order valence-corrected chi connectivity index (χ0v) is 33.8. The first-order chi connectivity index (χ1) is 30.7. The van der Waals surface area contributed by atoms with Crippen LogP contribution in [0.1, 0.15) is 0 Å². The van der Waals surface area contributed by atoms with Crippen LogP contribution >= 0.6 is 0 Å². The van der Waals surface area contributed by atoms with Crippen molar-refractivity contribution < 1.29 is 8.83 Å². The Labute approximate surface area is 359 Å². The van der Waals surface area contributed by atoms with Crippen LogP contribution in [-0.4, -0.2) is 0 Å². The molecule has 62 heavy (non-hydrogen) atoms. The van der Waals surface area contributed by atoms with E-state index >= 15 is 0 Å². The van der Waals surface area contributed by atoms with Crippen LogP contribution in [-0.2, 0) is 0 Å². The lowest BCUT2D eigenvalue weighted by molar-refractivity contribution is 0.658. The van der Waals surface area contributed by atoms with Crippen LogP contribution < -0.4 is 0 Å². The lowest BCUT2D eigenvalue weighted by atomic mass is 9.94. The SMILES string of the molecule is c1ccc(-c2cccc(-c3cccc(-c4ccc5oc6c(-c7ccccc7)c7oc8ccc(-c9cccc(-c%10cccc(-c%11ccccc%11)c%10)c9)cc8c7cc6c5c4)c3)c2)cc1.